The minimum absolute atomic E-state index is 0.256. The second-order valence-corrected chi connectivity index (χ2v) is 7.04. The summed E-state index contributed by atoms with van der Waals surface area (Å²) in [5, 5.41) is 4.56. The topological polar surface area (TPSA) is 64.7 Å². The van der Waals surface area contributed by atoms with Gasteiger partial charge in [-0.05, 0) is 43.3 Å². The Bertz CT molecular complexity index is 865. The summed E-state index contributed by atoms with van der Waals surface area (Å²) < 4.78 is 26.7. The first-order valence-corrected chi connectivity index (χ1v) is 9.49. The fourth-order valence-corrected chi connectivity index (χ4v) is 3.11. The maximum Gasteiger partial charge on any atom is 0.313 e. The summed E-state index contributed by atoms with van der Waals surface area (Å²) in [6, 6.07) is 10.8. The van der Waals surface area contributed by atoms with Gasteiger partial charge in [0.2, 0.25) is 0 Å². The van der Waals surface area contributed by atoms with Crippen molar-refractivity contribution in [1.29, 1.82) is 0 Å². The van der Waals surface area contributed by atoms with Crippen LogP contribution in [-0.2, 0) is 16.0 Å². The zero-order chi connectivity index (χ0) is 20.8. The number of likely N-dealkylation sites (N-methyl/N-ethyl adjacent to an activating group) is 1. The summed E-state index contributed by atoms with van der Waals surface area (Å²) in [6.45, 7) is 4.32. The third-order valence-electron chi connectivity index (χ3n) is 4.89. The van der Waals surface area contributed by atoms with Crippen LogP contribution in [0.2, 0.25) is 0 Å². The minimum Gasteiger partial charge on any atom is -0.369 e. The number of hydrogen-bond acceptors (Lipinski definition) is 4. The molecule has 2 amide bonds. The van der Waals surface area contributed by atoms with E-state index >= 15 is 0 Å². The largest absolute Gasteiger partial charge is 0.369 e. The maximum absolute atomic E-state index is 13.5. The average molecular weight is 402 g/mol. The van der Waals surface area contributed by atoms with Crippen molar-refractivity contribution in [2.75, 3.05) is 50.0 Å². The Morgan fingerprint density at radius 2 is 1.66 bits per heavy atom. The van der Waals surface area contributed by atoms with Crippen LogP contribution in [0.1, 0.15) is 5.56 Å². The lowest BCUT2D eigenvalue weighted by Gasteiger charge is -2.34. The lowest BCUT2D eigenvalue weighted by Crippen LogP contribution is -2.44. The smallest absolute Gasteiger partial charge is 0.313 e. The number of nitrogens with one attached hydrogen (secondary N) is 2. The molecule has 0 spiro atoms. The van der Waals surface area contributed by atoms with Crippen LogP contribution in [-0.4, -0.2) is 56.5 Å². The Balaban J connectivity index is 1.45. The van der Waals surface area contributed by atoms with Crippen LogP contribution in [0.5, 0.6) is 0 Å². The van der Waals surface area contributed by atoms with E-state index in [1.165, 1.54) is 5.69 Å². The molecule has 2 N–H and O–H groups in total. The Hall–Kier alpha value is -3.00. The molecule has 0 atom stereocenters. The molecule has 1 fully saturated rings. The molecule has 0 saturated carbocycles. The normalized spacial score (nSPS) is 14.5. The van der Waals surface area contributed by atoms with Crippen LogP contribution in [0.3, 0.4) is 0 Å². The first-order valence-electron chi connectivity index (χ1n) is 9.49. The van der Waals surface area contributed by atoms with E-state index in [9.17, 15) is 18.4 Å². The van der Waals surface area contributed by atoms with Gasteiger partial charge in [-0.1, -0.05) is 12.1 Å². The molecule has 0 aliphatic carbocycles. The number of amides is 2. The molecule has 1 aliphatic rings. The van der Waals surface area contributed by atoms with E-state index in [0.717, 1.165) is 49.9 Å². The number of piperazine rings is 1. The molecule has 2 aromatic carbocycles. The van der Waals surface area contributed by atoms with E-state index in [2.05, 4.69) is 39.6 Å². The molecule has 6 nitrogen and oxygen atoms in total. The summed E-state index contributed by atoms with van der Waals surface area (Å²) >= 11 is 0. The van der Waals surface area contributed by atoms with Crippen LogP contribution >= 0.6 is 0 Å². The third-order valence-corrected chi connectivity index (χ3v) is 4.89. The molecular weight excluding hydrogens is 378 g/mol. The molecule has 8 heteroatoms. The SMILES string of the molecule is CN1CCN(c2ccc(CCNC(=O)C(=O)Nc3cc(F)ccc3F)cc2)CC1. The number of carbonyl (C=O) groups excluding carboxylic acids is 2. The second-order valence-electron chi connectivity index (χ2n) is 7.04. The van der Waals surface area contributed by atoms with Crippen molar-refractivity contribution in [2.45, 2.75) is 6.42 Å². The molecule has 29 heavy (non-hydrogen) atoms. The fraction of sp³-hybridized carbons (Fsp3) is 0.333. The van der Waals surface area contributed by atoms with Crippen LogP contribution < -0.4 is 15.5 Å². The highest BCUT2D eigenvalue weighted by Crippen LogP contribution is 2.17. The predicted molar refractivity (Wildman–Crippen MR) is 108 cm³/mol. The number of nitrogens with zero attached hydrogens (tertiary/aromatic N) is 2. The number of hydrogen-bond donors (Lipinski definition) is 2. The quantitative estimate of drug-likeness (QED) is 0.751. The van der Waals surface area contributed by atoms with Gasteiger partial charge in [0.25, 0.3) is 0 Å². The number of carbonyl (C=O) groups is 2. The number of benzene rings is 2. The maximum atomic E-state index is 13.5. The number of halogens is 2. The molecule has 0 radical (unpaired) electrons. The number of anilines is 2. The lowest BCUT2D eigenvalue weighted by molar-refractivity contribution is -0.136. The van der Waals surface area contributed by atoms with E-state index in [-0.39, 0.29) is 12.2 Å². The summed E-state index contributed by atoms with van der Waals surface area (Å²) in [4.78, 5) is 28.3. The van der Waals surface area contributed by atoms with Crippen molar-refractivity contribution in [2.24, 2.45) is 0 Å². The molecule has 0 bridgehead atoms. The van der Waals surface area contributed by atoms with Gasteiger partial charge >= 0.3 is 11.8 Å². The Labute approximate surface area is 168 Å². The summed E-state index contributed by atoms with van der Waals surface area (Å²) in [5.74, 6) is -3.46. The Morgan fingerprint density at radius 3 is 2.34 bits per heavy atom. The van der Waals surface area contributed by atoms with E-state index in [1.807, 2.05) is 12.1 Å². The summed E-state index contributed by atoms with van der Waals surface area (Å²) in [7, 11) is 2.11. The first-order chi connectivity index (χ1) is 13.9. The van der Waals surface area contributed by atoms with Crippen LogP contribution in [0.4, 0.5) is 20.2 Å². The van der Waals surface area contributed by atoms with Gasteiger partial charge in [0.15, 0.2) is 0 Å². The van der Waals surface area contributed by atoms with Gasteiger partial charge < -0.3 is 20.4 Å². The molecule has 0 aromatic heterocycles. The monoisotopic (exact) mass is 402 g/mol. The molecule has 1 heterocycles. The van der Waals surface area contributed by atoms with Crippen LogP contribution in [0.25, 0.3) is 0 Å². The zero-order valence-corrected chi connectivity index (χ0v) is 16.3. The predicted octanol–water partition coefficient (Wildman–Crippen LogP) is 2.01. The molecule has 0 unspecified atom stereocenters. The zero-order valence-electron chi connectivity index (χ0n) is 16.3. The van der Waals surface area contributed by atoms with Gasteiger partial charge in [0.05, 0.1) is 5.69 Å². The average Bonchev–Trinajstić information content (AvgIpc) is 2.72. The molecular formula is C21H24F2N4O2. The fourth-order valence-electron chi connectivity index (χ4n) is 3.11. The van der Waals surface area contributed by atoms with Gasteiger partial charge in [0, 0.05) is 44.5 Å². The van der Waals surface area contributed by atoms with Gasteiger partial charge in [-0.3, -0.25) is 9.59 Å². The van der Waals surface area contributed by atoms with Gasteiger partial charge in [-0.15, -0.1) is 0 Å². The Kier molecular flexibility index (Phi) is 6.77. The van der Waals surface area contributed by atoms with Crippen molar-refractivity contribution in [3.05, 3.63) is 59.7 Å². The van der Waals surface area contributed by atoms with Crippen LogP contribution in [0.15, 0.2) is 42.5 Å². The first kappa shape index (κ1) is 20.7. The highest BCUT2D eigenvalue weighted by Gasteiger charge is 2.16. The van der Waals surface area contributed by atoms with E-state index in [4.69, 9.17) is 0 Å². The molecule has 154 valence electrons. The van der Waals surface area contributed by atoms with E-state index in [0.29, 0.717) is 6.42 Å². The van der Waals surface area contributed by atoms with Gasteiger partial charge in [-0.2, -0.15) is 0 Å². The highest BCUT2D eigenvalue weighted by molar-refractivity contribution is 6.39. The van der Waals surface area contributed by atoms with Crippen molar-refractivity contribution in [1.82, 2.24) is 10.2 Å². The van der Waals surface area contributed by atoms with Crippen molar-refractivity contribution < 1.29 is 18.4 Å². The van der Waals surface area contributed by atoms with E-state index < -0.39 is 23.4 Å². The molecule has 2 aromatic rings. The van der Waals surface area contributed by atoms with Crippen molar-refractivity contribution in [3.63, 3.8) is 0 Å². The molecule has 3 rings (SSSR count). The van der Waals surface area contributed by atoms with E-state index in [1.54, 1.807) is 0 Å². The summed E-state index contributed by atoms with van der Waals surface area (Å²) in [6.07, 6.45) is 0.552. The van der Waals surface area contributed by atoms with Crippen molar-refractivity contribution >= 4 is 23.2 Å². The number of rotatable bonds is 5. The van der Waals surface area contributed by atoms with Gasteiger partial charge in [-0.25, -0.2) is 8.78 Å². The standard InChI is InChI=1S/C21H24F2N4O2/c1-26-10-12-27(13-11-26)17-5-2-15(3-6-17)8-9-24-20(28)21(29)25-19-14-16(22)4-7-18(19)23/h2-7,14H,8-13H2,1H3,(H,24,28)(H,25,29). The molecule has 1 aliphatic heterocycles. The van der Waals surface area contributed by atoms with Gasteiger partial charge in [0.1, 0.15) is 11.6 Å². The lowest BCUT2D eigenvalue weighted by atomic mass is 10.1. The Morgan fingerprint density at radius 1 is 0.966 bits per heavy atom. The minimum atomic E-state index is -1.04. The summed E-state index contributed by atoms with van der Waals surface area (Å²) in [5.41, 5.74) is 1.83. The second kappa shape index (κ2) is 9.47. The highest BCUT2D eigenvalue weighted by atomic mass is 19.1. The van der Waals surface area contributed by atoms with Crippen molar-refractivity contribution in [3.8, 4) is 0 Å². The molecule has 1 saturated heterocycles. The van der Waals surface area contributed by atoms with Crippen LogP contribution in [0, 0.1) is 11.6 Å². The third kappa shape index (κ3) is 5.74.